The summed E-state index contributed by atoms with van der Waals surface area (Å²) in [4.78, 5) is 14.1. The first-order valence-electron chi connectivity index (χ1n) is 10.1. The molecule has 5 heteroatoms. The van der Waals surface area contributed by atoms with Crippen LogP contribution in [-0.4, -0.2) is 42.6 Å². The van der Waals surface area contributed by atoms with E-state index in [1.165, 1.54) is 17.5 Å². The number of benzene rings is 2. The molecule has 1 saturated heterocycles. The smallest absolute Gasteiger partial charge is 0.225 e. The largest absolute Gasteiger partial charge is 0.497 e. The fraction of sp³-hybridized carbons (Fsp3) is 0.333. The molecule has 150 valence electrons. The second-order valence-electron chi connectivity index (χ2n) is 7.71. The molecule has 1 aliphatic rings. The van der Waals surface area contributed by atoms with Gasteiger partial charge in [0, 0.05) is 32.4 Å². The number of nitrogens with zero attached hydrogens (tertiary/aromatic N) is 4. The zero-order valence-corrected chi connectivity index (χ0v) is 17.4. The van der Waals surface area contributed by atoms with Crippen molar-refractivity contribution in [2.75, 3.05) is 32.6 Å². The minimum Gasteiger partial charge on any atom is -0.497 e. The second kappa shape index (κ2) is 8.62. The zero-order valence-electron chi connectivity index (χ0n) is 17.4. The highest BCUT2D eigenvalue weighted by Gasteiger charge is 2.30. The third-order valence-corrected chi connectivity index (χ3v) is 5.49. The molecular formula is C24H28N4O. The van der Waals surface area contributed by atoms with Crippen LogP contribution >= 0.6 is 0 Å². The Bertz CT molecular complexity index is 958. The molecular weight excluding hydrogens is 360 g/mol. The third-order valence-electron chi connectivity index (χ3n) is 5.49. The number of rotatable bonds is 6. The lowest BCUT2D eigenvalue weighted by molar-refractivity contribution is 0.244. The summed E-state index contributed by atoms with van der Waals surface area (Å²) >= 11 is 0. The molecule has 0 bridgehead atoms. The van der Waals surface area contributed by atoms with Crippen LogP contribution in [0.5, 0.6) is 5.75 Å². The third kappa shape index (κ3) is 4.25. The Balaban J connectivity index is 1.70. The molecule has 1 fully saturated rings. The van der Waals surface area contributed by atoms with Gasteiger partial charge in [0.2, 0.25) is 5.95 Å². The molecule has 0 spiro atoms. The van der Waals surface area contributed by atoms with Crippen LogP contribution in [0.15, 0.2) is 60.8 Å². The van der Waals surface area contributed by atoms with Crippen molar-refractivity contribution in [1.29, 1.82) is 0 Å². The van der Waals surface area contributed by atoms with E-state index in [4.69, 9.17) is 9.72 Å². The second-order valence-corrected chi connectivity index (χ2v) is 7.71. The number of aromatic nitrogens is 2. The Hall–Kier alpha value is -2.92. The maximum atomic E-state index is 5.41. The Morgan fingerprint density at radius 3 is 2.69 bits per heavy atom. The molecule has 29 heavy (non-hydrogen) atoms. The topological polar surface area (TPSA) is 41.5 Å². The van der Waals surface area contributed by atoms with E-state index in [-0.39, 0.29) is 6.04 Å². The van der Waals surface area contributed by atoms with Crippen molar-refractivity contribution >= 4 is 5.95 Å². The van der Waals surface area contributed by atoms with Gasteiger partial charge in [0.15, 0.2) is 0 Å². The number of ether oxygens (including phenoxy) is 1. The Labute approximate surface area is 173 Å². The summed E-state index contributed by atoms with van der Waals surface area (Å²) in [5.41, 5.74) is 4.68. The van der Waals surface area contributed by atoms with E-state index in [1.807, 2.05) is 37.3 Å². The predicted molar refractivity (Wildman–Crippen MR) is 117 cm³/mol. The maximum absolute atomic E-state index is 5.41. The summed E-state index contributed by atoms with van der Waals surface area (Å²) in [5.74, 6) is 1.66. The molecule has 2 aromatic carbocycles. The number of likely N-dealkylation sites (tertiary alicyclic amines) is 1. The van der Waals surface area contributed by atoms with Gasteiger partial charge in [-0.15, -0.1) is 0 Å². The van der Waals surface area contributed by atoms with Crippen LogP contribution in [0.1, 0.15) is 30.1 Å². The van der Waals surface area contributed by atoms with E-state index < -0.39 is 0 Å². The zero-order chi connectivity index (χ0) is 20.2. The van der Waals surface area contributed by atoms with Gasteiger partial charge in [0.25, 0.3) is 0 Å². The van der Waals surface area contributed by atoms with Gasteiger partial charge in [-0.25, -0.2) is 9.97 Å². The summed E-state index contributed by atoms with van der Waals surface area (Å²) in [6, 6.07) is 19.1. The van der Waals surface area contributed by atoms with Crippen LogP contribution in [0, 0.1) is 0 Å². The van der Waals surface area contributed by atoms with Crippen molar-refractivity contribution in [3.8, 4) is 16.9 Å². The quantitative estimate of drug-likeness (QED) is 0.619. The van der Waals surface area contributed by atoms with Gasteiger partial charge < -0.3 is 9.64 Å². The van der Waals surface area contributed by atoms with Crippen molar-refractivity contribution in [2.24, 2.45) is 0 Å². The van der Waals surface area contributed by atoms with Gasteiger partial charge in [-0.05, 0) is 42.6 Å². The molecule has 0 unspecified atom stereocenters. The maximum Gasteiger partial charge on any atom is 0.225 e. The van der Waals surface area contributed by atoms with E-state index in [0.717, 1.165) is 42.5 Å². The monoisotopic (exact) mass is 388 g/mol. The SMILES string of the molecule is COc1cccc(CN2CCC[C@@H]2c2nc(N(C)C)ncc2-c2ccccc2)c1. The first kappa shape index (κ1) is 19.4. The summed E-state index contributed by atoms with van der Waals surface area (Å²) < 4.78 is 5.41. The van der Waals surface area contributed by atoms with Gasteiger partial charge in [-0.2, -0.15) is 0 Å². The number of methoxy groups -OCH3 is 1. The molecule has 1 aromatic heterocycles. The predicted octanol–water partition coefficient (Wildman–Crippen LogP) is 4.56. The van der Waals surface area contributed by atoms with Gasteiger partial charge in [0.05, 0.1) is 18.8 Å². The van der Waals surface area contributed by atoms with Crippen LogP contribution < -0.4 is 9.64 Å². The normalized spacial score (nSPS) is 16.7. The van der Waals surface area contributed by atoms with Crippen molar-refractivity contribution in [3.05, 3.63) is 72.1 Å². The van der Waals surface area contributed by atoms with Crippen molar-refractivity contribution in [1.82, 2.24) is 14.9 Å². The molecule has 5 nitrogen and oxygen atoms in total. The first-order valence-corrected chi connectivity index (χ1v) is 10.1. The number of hydrogen-bond donors (Lipinski definition) is 0. The van der Waals surface area contributed by atoms with E-state index in [1.54, 1.807) is 7.11 Å². The van der Waals surface area contributed by atoms with Gasteiger partial charge in [-0.3, -0.25) is 4.90 Å². The molecule has 0 aliphatic carbocycles. The molecule has 0 N–H and O–H groups in total. The molecule has 1 aliphatic heterocycles. The van der Waals surface area contributed by atoms with Crippen LogP contribution in [-0.2, 0) is 6.54 Å². The minimum atomic E-state index is 0.276. The lowest BCUT2D eigenvalue weighted by Gasteiger charge is -2.27. The first-order chi connectivity index (χ1) is 14.2. The Morgan fingerprint density at radius 2 is 1.93 bits per heavy atom. The minimum absolute atomic E-state index is 0.276. The van der Waals surface area contributed by atoms with E-state index in [2.05, 4.69) is 52.3 Å². The fourth-order valence-corrected chi connectivity index (χ4v) is 4.03. The highest BCUT2D eigenvalue weighted by Crippen LogP contribution is 2.38. The molecule has 3 aromatic rings. The summed E-state index contributed by atoms with van der Waals surface area (Å²) in [6.07, 6.45) is 4.26. The molecule has 0 saturated carbocycles. The average Bonchev–Trinajstić information content (AvgIpc) is 3.22. The fourth-order valence-electron chi connectivity index (χ4n) is 4.03. The lowest BCUT2D eigenvalue weighted by atomic mass is 9.99. The molecule has 0 amide bonds. The van der Waals surface area contributed by atoms with Gasteiger partial charge >= 0.3 is 0 Å². The molecule has 2 heterocycles. The van der Waals surface area contributed by atoms with Crippen LogP contribution in [0.3, 0.4) is 0 Å². The summed E-state index contributed by atoms with van der Waals surface area (Å²) in [5, 5.41) is 0. The Kier molecular flexibility index (Phi) is 5.76. The van der Waals surface area contributed by atoms with Crippen molar-refractivity contribution < 1.29 is 4.74 Å². The van der Waals surface area contributed by atoms with E-state index >= 15 is 0 Å². The standard InChI is InChI=1S/C24H28N4O/c1-27(2)24-25-16-21(19-10-5-4-6-11-19)23(26-24)22-13-8-14-28(22)17-18-9-7-12-20(15-18)29-3/h4-7,9-12,15-16,22H,8,13-14,17H2,1-3H3/t22-/m1/s1. The van der Waals surface area contributed by atoms with Crippen LogP contribution in [0.2, 0.25) is 0 Å². The van der Waals surface area contributed by atoms with Crippen LogP contribution in [0.4, 0.5) is 5.95 Å². The van der Waals surface area contributed by atoms with Gasteiger partial charge in [0.1, 0.15) is 5.75 Å². The van der Waals surface area contributed by atoms with Gasteiger partial charge in [-0.1, -0.05) is 42.5 Å². The van der Waals surface area contributed by atoms with E-state index in [0.29, 0.717) is 0 Å². The van der Waals surface area contributed by atoms with E-state index in [9.17, 15) is 0 Å². The lowest BCUT2D eigenvalue weighted by Crippen LogP contribution is -2.25. The summed E-state index contributed by atoms with van der Waals surface area (Å²) in [6.45, 7) is 1.95. The number of anilines is 1. The molecule has 4 rings (SSSR count). The molecule has 1 atom stereocenters. The highest BCUT2D eigenvalue weighted by molar-refractivity contribution is 5.66. The van der Waals surface area contributed by atoms with Crippen molar-refractivity contribution in [2.45, 2.75) is 25.4 Å². The van der Waals surface area contributed by atoms with Crippen molar-refractivity contribution in [3.63, 3.8) is 0 Å². The summed E-state index contributed by atoms with van der Waals surface area (Å²) in [7, 11) is 5.70. The molecule has 0 radical (unpaired) electrons. The number of hydrogen-bond acceptors (Lipinski definition) is 5. The van der Waals surface area contributed by atoms with Crippen LogP contribution in [0.25, 0.3) is 11.1 Å². The Morgan fingerprint density at radius 1 is 1.10 bits per heavy atom. The average molecular weight is 389 g/mol. The highest BCUT2D eigenvalue weighted by atomic mass is 16.5.